The molecule has 0 aliphatic rings. The van der Waals surface area contributed by atoms with E-state index in [0.717, 1.165) is 0 Å². The standard InChI is InChI=1S/C10H11ClFN.ClH/c1-2-3-10(13)8-6-7(12)4-5-9(8)11;/h2,4-6,10H,1,3,13H2;1H/t10-;/m0./s1. The number of hydrogen-bond acceptors (Lipinski definition) is 1. The molecule has 78 valence electrons. The lowest BCUT2D eigenvalue weighted by Crippen LogP contribution is -2.09. The summed E-state index contributed by atoms with van der Waals surface area (Å²) in [7, 11) is 0. The van der Waals surface area contributed by atoms with E-state index < -0.39 is 0 Å². The van der Waals surface area contributed by atoms with E-state index in [4.69, 9.17) is 17.3 Å². The largest absolute Gasteiger partial charge is 0.324 e. The molecule has 1 aromatic carbocycles. The van der Waals surface area contributed by atoms with Crippen molar-refractivity contribution < 1.29 is 4.39 Å². The minimum Gasteiger partial charge on any atom is -0.324 e. The van der Waals surface area contributed by atoms with Crippen LogP contribution in [-0.2, 0) is 0 Å². The average molecular weight is 236 g/mol. The second-order valence-electron chi connectivity index (χ2n) is 2.80. The van der Waals surface area contributed by atoms with Gasteiger partial charge in [-0.05, 0) is 30.2 Å². The van der Waals surface area contributed by atoms with Crippen LogP contribution < -0.4 is 5.73 Å². The van der Waals surface area contributed by atoms with Crippen molar-refractivity contribution in [2.24, 2.45) is 5.73 Å². The van der Waals surface area contributed by atoms with Crippen molar-refractivity contribution in [2.45, 2.75) is 12.5 Å². The van der Waals surface area contributed by atoms with Crippen LogP contribution in [0.25, 0.3) is 0 Å². The van der Waals surface area contributed by atoms with Crippen molar-refractivity contribution in [2.75, 3.05) is 0 Å². The molecule has 2 N–H and O–H groups in total. The van der Waals surface area contributed by atoms with Gasteiger partial charge in [-0.15, -0.1) is 19.0 Å². The van der Waals surface area contributed by atoms with Gasteiger partial charge in [-0.3, -0.25) is 0 Å². The summed E-state index contributed by atoms with van der Waals surface area (Å²) in [6.07, 6.45) is 2.27. The quantitative estimate of drug-likeness (QED) is 0.799. The second-order valence-corrected chi connectivity index (χ2v) is 3.20. The molecule has 0 aromatic heterocycles. The summed E-state index contributed by atoms with van der Waals surface area (Å²) in [6.45, 7) is 3.56. The summed E-state index contributed by atoms with van der Waals surface area (Å²) in [5, 5.41) is 0.496. The van der Waals surface area contributed by atoms with Gasteiger partial charge in [-0.25, -0.2) is 4.39 Å². The van der Waals surface area contributed by atoms with E-state index in [9.17, 15) is 4.39 Å². The Morgan fingerprint density at radius 2 is 2.21 bits per heavy atom. The van der Waals surface area contributed by atoms with E-state index in [1.165, 1.54) is 18.2 Å². The Balaban J connectivity index is 0.00000169. The number of nitrogens with two attached hydrogens (primary N) is 1. The summed E-state index contributed by atoms with van der Waals surface area (Å²) < 4.78 is 12.8. The van der Waals surface area contributed by atoms with E-state index in [1.807, 2.05) is 0 Å². The van der Waals surface area contributed by atoms with Gasteiger partial charge in [-0.2, -0.15) is 0 Å². The highest BCUT2D eigenvalue weighted by Gasteiger charge is 2.09. The van der Waals surface area contributed by atoms with Crippen molar-refractivity contribution >= 4 is 24.0 Å². The number of halogens is 3. The molecule has 0 unspecified atom stereocenters. The fourth-order valence-electron chi connectivity index (χ4n) is 1.11. The Morgan fingerprint density at radius 1 is 1.57 bits per heavy atom. The van der Waals surface area contributed by atoms with Crippen LogP contribution in [0.3, 0.4) is 0 Å². The Morgan fingerprint density at radius 3 is 2.79 bits per heavy atom. The summed E-state index contributed by atoms with van der Waals surface area (Å²) in [5.41, 5.74) is 6.38. The second kappa shape index (κ2) is 6.02. The molecule has 0 saturated heterocycles. The first kappa shape index (κ1) is 13.4. The van der Waals surface area contributed by atoms with Gasteiger partial charge in [0, 0.05) is 11.1 Å². The fourth-order valence-corrected chi connectivity index (χ4v) is 1.36. The van der Waals surface area contributed by atoms with Crippen LogP contribution in [0.4, 0.5) is 4.39 Å². The van der Waals surface area contributed by atoms with Gasteiger partial charge in [0.1, 0.15) is 5.82 Å². The topological polar surface area (TPSA) is 26.0 Å². The predicted molar refractivity (Wildman–Crippen MR) is 60.4 cm³/mol. The van der Waals surface area contributed by atoms with E-state index in [0.29, 0.717) is 17.0 Å². The zero-order valence-corrected chi connectivity index (χ0v) is 9.11. The lowest BCUT2D eigenvalue weighted by molar-refractivity contribution is 0.620. The molecule has 0 heterocycles. The highest BCUT2D eigenvalue weighted by atomic mass is 35.5. The van der Waals surface area contributed by atoms with E-state index in [2.05, 4.69) is 6.58 Å². The third kappa shape index (κ3) is 3.29. The molecule has 14 heavy (non-hydrogen) atoms. The van der Waals surface area contributed by atoms with Crippen LogP contribution in [0.1, 0.15) is 18.0 Å². The Hall–Kier alpha value is -0.570. The van der Waals surface area contributed by atoms with Crippen molar-refractivity contribution in [3.8, 4) is 0 Å². The molecule has 0 saturated carbocycles. The molecular weight excluding hydrogens is 224 g/mol. The van der Waals surface area contributed by atoms with Gasteiger partial charge >= 0.3 is 0 Å². The lowest BCUT2D eigenvalue weighted by Gasteiger charge is -2.11. The minimum absolute atomic E-state index is 0. The van der Waals surface area contributed by atoms with Crippen molar-refractivity contribution in [3.63, 3.8) is 0 Å². The summed E-state index contributed by atoms with van der Waals surface area (Å²) >= 11 is 5.85. The zero-order chi connectivity index (χ0) is 9.84. The van der Waals surface area contributed by atoms with Gasteiger partial charge in [0.05, 0.1) is 0 Å². The number of hydrogen-bond donors (Lipinski definition) is 1. The maximum absolute atomic E-state index is 12.8. The third-order valence-corrected chi connectivity index (χ3v) is 2.12. The smallest absolute Gasteiger partial charge is 0.123 e. The molecule has 4 heteroatoms. The van der Waals surface area contributed by atoms with E-state index >= 15 is 0 Å². The van der Waals surface area contributed by atoms with Gasteiger partial charge in [0.25, 0.3) is 0 Å². The van der Waals surface area contributed by atoms with Gasteiger partial charge in [0.15, 0.2) is 0 Å². The fraction of sp³-hybridized carbons (Fsp3) is 0.200. The molecule has 0 spiro atoms. The van der Waals surface area contributed by atoms with Gasteiger partial charge in [0.2, 0.25) is 0 Å². The van der Waals surface area contributed by atoms with Crippen LogP contribution in [0.5, 0.6) is 0 Å². The third-order valence-electron chi connectivity index (χ3n) is 1.78. The van der Waals surface area contributed by atoms with Gasteiger partial charge < -0.3 is 5.73 Å². The lowest BCUT2D eigenvalue weighted by atomic mass is 10.0. The number of rotatable bonds is 3. The van der Waals surface area contributed by atoms with Crippen LogP contribution in [0.15, 0.2) is 30.9 Å². The molecule has 0 amide bonds. The first-order valence-corrected chi connectivity index (χ1v) is 4.34. The van der Waals surface area contributed by atoms with Crippen LogP contribution in [0.2, 0.25) is 5.02 Å². The SMILES string of the molecule is C=CC[C@H](N)c1cc(F)ccc1Cl.Cl. The highest BCUT2D eigenvalue weighted by molar-refractivity contribution is 6.31. The predicted octanol–water partition coefficient (Wildman–Crippen LogP) is 3.48. The monoisotopic (exact) mass is 235 g/mol. The van der Waals surface area contributed by atoms with E-state index in [-0.39, 0.29) is 24.3 Å². The Labute approximate surface area is 94.2 Å². The van der Waals surface area contributed by atoms with Crippen LogP contribution in [0, 0.1) is 5.82 Å². The number of benzene rings is 1. The first-order chi connectivity index (χ1) is 6.15. The maximum Gasteiger partial charge on any atom is 0.123 e. The molecule has 1 atom stereocenters. The molecule has 0 radical (unpaired) electrons. The molecule has 1 rings (SSSR count). The molecule has 1 aromatic rings. The van der Waals surface area contributed by atoms with Crippen molar-refractivity contribution in [1.29, 1.82) is 0 Å². The van der Waals surface area contributed by atoms with Gasteiger partial charge in [-0.1, -0.05) is 17.7 Å². The summed E-state index contributed by atoms with van der Waals surface area (Å²) in [6, 6.07) is 3.90. The highest BCUT2D eigenvalue weighted by Crippen LogP contribution is 2.24. The van der Waals surface area contributed by atoms with E-state index in [1.54, 1.807) is 6.08 Å². The summed E-state index contributed by atoms with van der Waals surface area (Å²) in [5.74, 6) is -0.320. The van der Waals surface area contributed by atoms with Crippen LogP contribution in [-0.4, -0.2) is 0 Å². The summed E-state index contributed by atoms with van der Waals surface area (Å²) in [4.78, 5) is 0. The molecule has 1 nitrogen and oxygen atoms in total. The Kier molecular flexibility index (Phi) is 5.77. The normalized spacial score (nSPS) is 11.6. The molecule has 0 fully saturated rings. The molecule has 0 aliphatic heterocycles. The van der Waals surface area contributed by atoms with Crippen molar-refractivity contribution in [1.82, 2.24) is 0 Å². The molecule has 0 aliphatic carbocycles. The first-order valence-electron chi connectivity index (χ1n) is 3.96. The average Bonchev–Trinajstić information content (AvgIpc) is 2.09. The maximum atomic E-state index is 12.8. The molecular formula is C10H12Cl2FN. The minimum atomic E-state index is -0.320. The molecule has 0 bridgehead atoms. The zero-order valence-electron chi connectivity index (χ0n) is 7.54. The van der Waals surface area contributed by atoms with Crippen molar-refractivity contribution in [3.05, 3.63) is 47.3 Å². The van der Waals surface area contributed by atoms with Crippen LogP contribution >= 0.6 is 24.0 Å². The Bertz CT molecular complexity index is 315.